The minimum absolute atomic E-state index is 0. The van der Waals surface area contributed by atoms with E-state index in [4.69, 9.17) is 5.73 Å². The van der Waals surface area contributed by atoms with Gasteiger partial charge in [-0.1, -0.05) is 0 Å². The normalized spacial score (nSPS) is 12.1. The number of pyridine rings is 1. The summed E-state index contributed by atoms with van der Waals surface area (Å²) >= 11 is 0. The third-order valence-electron chi connectivity index (χ3n) is 2.98. The van der Waals surface area contributed by atoms with Gasteiger partial charge in [0, 0.05) is 18.0 Å². The lowest BCUT2D eigenvalue weighted by atomic mass is 10.3. The first-order valence-corrected chi connectivity index (χ1v) is 7.57. The molecule has 29 heavy (non-hydrogen) atoms. The summed E-state index contributed by atoms with van der Waals surface area (Å²) in [6.45, 7) is -1.45. The maximum Gasteiger partial charge on any atom is 0.573 e. The van der Waals surface area contributed by atoms with Crippen molar-refractivity contribution in [2.45, 2.75) is 19.1 Å². The number of anilines is 1. The standard InChI is InChI=1S/C16H14F6N4O2.HI/c17-15(18,19)9-27-13-7-10(5-6-24-13)8-25-14(23)26-11-1-3-12(4-2-11)28-16(20,21)22;/h1-7H,8-9H2,(H3,23,25,26);1H. The Hall–Kier alpha value is -2.45. The second-order valence-electron chi connectivity index (χ2n) is 5.30. The first-order chi connectivity index (χ1) is 13.0. The fraction of sp³-hybridized carbons (Fsp3) is 0.250. The molecule has 2 aromatic rings. The molecule has 0 atom stereocenters. The minimum atomic E-state index is -4.79. The average molecular weight is 536 g/mol. The van der Waals surface area contributed by atoms with Crippen LogP contribution in [0.25, 0.3) is 0 Å². The van der Waals surface area contributed by atoms with Crippen molar-refractivity contribution in [1.82, 2.24) is 4.98 Å². The van der Waals surface area contributed by atoms with Gasteiger partial charge in [-0.15, -0.1) is 37.1 Å². The Morgan fingerprint density at radius 2 is 1.72 bits per heavy atom. The van der Waals surface area contributed by atoms with Crippen LogP contribution >= 0.6 is 24.0 Å². The van der Waals surface area contributed by atoms with Crippen LogP contribution in [0.3, 0.4) is 0 Å². The molecular weight excluding hydrogens is 521 g/mol. The predicted octanol–water partition coefficient (Wildman–Crippen LogP) is 4.47. The van der Waals surface area contributed by atoms with Gasteiger partial charge in [-0.2, -0.15) is 13.2 Å². The molecule has 3 N–H and O–H groups in total. The van der Waals surface area contributed by atoms with Gasteiger partial charge in [0.1, 0.15) is 5.75 Å². The molecule has 6 nitrogen and oxygen atoms in total. The number of rotatable bonds is 6. The van der Waals surface area contributed by atoms with Gasteiger partial charge < -0.3 is 20.5 Å². The molecule has 2 rings (SSSR count). The van der Waals surface area contributed by atoms with Crippen molar-refractivity contribution in [2.75, 3.05) is 11.9 Å². The topological polar surface area (TPSA) is 81.8 Å². The fourth-order valence-electron chi connectivity index (χ4n) is 1.89. The van der Waals surface area contributed by atoms with Gasteiger partial charge in [0.15, 0.2) is 12.6 Å². The second-order valence-corrected chi connectivity index (χ2v) is 5.30. The molecule has 0 amide bonds. The molecule has 0 saturated heterocycles. The van der Waals surface area contributed by atoms with E-state index in [0.29, 0.717) is 11.3 Å². The molecule has 1 aromatic carbocycles. The Balaban J connectivity index is 0.00000420. The van der Waals surface area contributed by atoms with E-state index in [1.54, 1.807) is 0 Å². The number of nitrogens with zero attached hydrogens (tertiary/aromatic N) is 2. The van der Waals surface area contributed by atoms with E-state index in [0.717, 1.165) is 12.1 Å². The molecular formula is C16H15F6IN4O2. The molecule has 0 unspecified atom stereocenters. The van der Waals surface area contributed by atoms with Gasteiger partial charge in [0.2, 0.25) is 5.88 Å². The van der Waals surface area contributed by atoms with Crippen molar-refractivity contribution < 1.29 is 35.8 Å². The molecule has 0 aliphatic heterocycles. The number of guanidine groups is 1. The monoisotopic (exact) mass is 536 g/mol. The van der Waals surface area contributed by atoms with Crippen LogP contribution in [0.2, 0.25) is 0 Å². The molecule has 0 aliphatic rings. The Labute approximate surface area is 178 Å². The highest BCUT2D eigenvalue weighted by atomic mass is 127. The molecule has 0 spiro atoms. The molecule has 1 aromatic heterocycles. The first-order valence-electron chi connectivity index (χ1n) is 7.57. The third-order valence-corrected chi connectivity index (χ3v) is 2.98. The van der Waals surface area contributed by atoms with E-state index in [9.17, 15) is 26.3 Å². The summed E-state index contributed by atoms with van der Waals surface area (Å²) in [5, 5.41) is 2.66. The van der Waals surface area contributed by atoms with E-state index in [2.05, 4.69) is 24.8 Å². The van der Waals surface area contributed by atoms with Crippen LogP contribution in [0.1, 0.15) is 5.56 Å². The van der Waals surface area contributed by atoms with Crippen molar-refractivity contribution in [3.8, 4) is 11.6 Å². The Bertz CT molecular complexity index is 812. The van der Waals surface area contributed by atoms with E-state index < -0.39 is 24.9 Å². The smallest absolute Gasteiger partial charge is 0.468 e. The van der Waals surface area contributed by atoms with Gasteiger partial charge in [-0.25, -0.2) is 9.98 Å². The number of hydrogen-bond acceptors (Lipinski definition) is 4. The van der Waals surface area contributed by atoms with Crippen LogP contribution in [-0.2, 0) is 6.54 Å². The number of hydrogen-bond donors (Lipinski definition) is 2. The number of nitrogens with one attached hydrogen (secondary N) is 1. The van der Waals surface area contributed by atoms with Crippen molar-refractivity contribution in [2.24, 2.45) is 10.7 Å². The lowest BCUT2D eigenvalue weighted by Gasteiger charge is -2.10. The van der Waals surface area contributed by atoms with Crippen LogP contribution in [-0.4, -0.2) is 30.1 Å². The summed E-state index contributed by atoms with van der Waals surface area (Å²) < 4.78 is 81.0. The lowest BCUT2D eigenvalue weighted by molar-refractivity contribution is -0.274. The van der Waals surface area contributed by atoms with Gasteiger partial charge in [-0.3, -0.25) is 0 Å². The van der Waals surface area contributed by atoms with Gasteiger partial charge in [0.25, 0.3) is 0 Å². The largest absolute Gasteiger partial charge is 0.573 e. The Morgan fingerprint density at radius 3 is 2.31 bits per heavy atom. The fourth-order valence-corrected chi connectivity index (χ4v) is 1.89. The number of nitrogens with two attached hydrogens (primary N) is 1. The van der Waals surface area contributed by atoms with Crippen molar-refractivity contribution >= 4 is 35.6 Å². The maximum atomic E-state index is 12.1. The number of benzene rings is 1. The van der Waals surface area contributed by atoms with Crippen molar-refractivity contribution in [3.63, 3.8) is 0 Å². The molecule has 0 radical (unpaired) electrons. The van der Waals surface area contributed by atoms with Gasteiger partial charge in [0.05, 0.1) is 6.54 Å². The van der Waals surface area contributed by atoms with E-state index in [-0.39, 0.29) is 42.4 Å². The summed E-state index contributed by atoms with van der Waals surface area (Å²) in [5.74, 6) is -0.660. The summed E-state index contributed by atoms with van der Waals surface area (Å²) in [6, 6.07) is 7.59. The third kappa shape index (κ3) is 10.0. The molecule has 13 heteroatoms. The molecule has 160 valence electrons. The zero-order valence-corrected chi connectivity index (χ0v) is 16.8. The van der Waals surface area contributed by atoms with Crippen LogP contribution in [0.5, 0.6) is 11.6 Å². The van der Waals surface area contributed by atoms with E-state index >= 15 is 0 Å². The van der Waals surface area contributed by atoms with Crippen molar-refractivity contribution in [1.29, 1.82) is 0 Å². The van der Waals surface area contributed by atoms with E-state index in [1.807, 2.05) is 0 Å². The quantitative estimate of drug-likeness (QED) is 0.247. The molecule has 1 heterocycles. The molecule has 0 bridgehead atoms. The number of aliphatic imine (C=N–C) groups is 1. The second kappa shape index (κ2) is 10.4. The first kappa shape index (κ1) is 24.6. The van der Waals surface area contributed by atoms with Crippen molar-refractivity contribution in [3.05, 3.63) is 48.2 Å². The number of aromatic nitrogens is 1. The number of ether oxygens (including phenoxy) is 2. The summed E-state index contributed by atoms with van der Waals surface area (Å²) in [4.78, 5) is 7.65. The highest BCUT2D eigenvalue weighted by Crippen LogP contribution is 2.24. The average Bonchev–Trinajstić information content (AvgIpc) is 2.58. The predicted molar refractivity (Wildman–Crippen MR) is 103 cm³/mol. The maximum absolute atomic E-state index is 12.1. The van der Waals surface area contributed by atoms with E-state index in [1.165, 1.54) is 30.5 Å². The summed E-state index contributed by atoms with van der Waals surface area (Å²) in [6.07, 6.45) is -8.01. The highest BCUT2D eigenvalue weighted by Gasteiger charge is 2.31. The van der Waals surface area contributed by atoms with Crippen LogP contribution < -0.4 is 20.5 Å². The summed E-state index contributed by atoms with van der Waals surface area (Å²) in [5.41, 5.74) is 6.53. The minimum Gasteiger partial charge on any atom is -0.468 e. The molecule has 0 saturated carbocycles. The summed E-state index contributed by atoms with van der Waals surface area (Å²) in [7, 11) is 0. The molecule has 0 fully saturated rings. The SMILES string of the molecule is I.NC(=NCc1ccnc(OCC(F)(F)F)c1)Nc1ccc(OC(F)(F)F)cc1. The van der Waals surface area contributed by atoms with Crippen LogP contribution in [0.15, 0.2) is 47.6 Å². The number of halogens is 7. The van der Waals surface area contributed by atoms with Crippen LogP contribution in [0.4, 0.5) is 32.0 Å². The van der Waals surface area contributed by atoms with Gasteiger partial charge >= 0.3 is 12.5 Å². The van der Waals surface area contributed by atoms with Gasteiger partial charge in [-0.05, 0) is 35.9 Å². The zero-order valence-electron chi connectivity index (χ0n) is 14.4. The zero-order chi connectivity index (χ0) is 20.8. The lowest BCUT2D eigenvalue weighted by Crippen LogP contribution is -2.22. The highest BCUT2D eigenvalue weighted by molar-refractivity contribution is 14.0. The molecule has 0 aliphatic carbocycles. The Kier molecular flexibility index (Phi) is 8.79. The Morgan fingerprint density at radius 1 is 1.07 bits per heavy atom. The number of alkyl halides is 6. The van der Waals surface area contributed by atoms with Crippen LogP contribution in [0, 0.1) is 0 Å².